The molecule has 1 heteroatoms. The standard InChI is InChI=1S/C16H28O/c17-16-14-12-10-8-6-4-2-1-3-5-7-9-11-13-15-16/h1-2H,3-15H2. The van der Waals surface area contributed by atoms with Crippen molar-refractivity contribution in [1.29, 1.82) is 0 Å². The van der Waals surface area contributed by atoms with Crippen molar-refractivity contribution in [3.05, 3.63) is 12.2 Å². The van der Waals surface area contributed by atoms with E-state index in [1.54, 1.807) is 0 Å². The Hall–Kier alpha value is -0.590. The molecule has 0 atom stereocenters. The Bertz CT molecular complexity index is 218. The molecule has 0 aliphatic heterocycles. The second-order valence-electron chi connectivity index (χ2n) is 5.27. The Labute approximate surface area is 107 Å². The first-order chi connectivity index (χ1) is 8.39. The minimum Gasteiger partial charge on any atom is -0.300 e. The van der Waals surface area contributed by atoms with Crippen LogP contribution in [-0.2, 0) is 4.79 Å². The molecule has 0 aromatic carbocycles. The van der Waals surface area contributed by atoms with E-state index in [0.29, 0.717) is 5.78 Å². The third kappa shape index (κ3) is 9.14. The van der Waals surface area contributed by atoms with E-state index in [9.17, 15) is 4.79 Å². The molecule has 0 N–H and O–H groups in total. The lowest BCUT2D eigenvalue weighted by Crippen LogP contribution is -1.97. The summed E-state index contributed by atoms with van der Waals surface area (Å²) >= 11 is 0. The molecule has 0 aromatic rings. The summed E-state index contributed by atoms with van der Waals surface area (Å²) in [5, 5.41) is 0. The molecule has 0 heterocycles. The topological polar surface area (TPSA) is 17.1 Å². The molecule has 0 unspecified atom stereocenters. The molecular formula is C16H28O. The molecule has 1 aliphatic rings. The number of hydrogen-bond donors (Lipinski definition) is 0. The molecular weight excluding hydrogens is 208 g/mol. The summed E-state index contributed by atoms with van der Waals surface area (Å²) in [6.45, 7) is 0. The summed E-state index contributed by atoms with van der Waals surface area (Å²) in [5.41, 5.74) is 0. The van der Waals surface area contributed by atoms with Gasteiger partial charge in [-0.05, 0) is 38.5 Å². The molecule has 0 spiro atoms. The van der Waals surface area contributed by atoms with Gasteiger partial charge in [0.2, 0.25) is 0 Å². The highest BCUT2D eigenvalue weighted by Gasteiger charge is 2.01. The summed E-state index contributed by atoms with van der Waals surface area (Å²) in [5.74, 6) is 0.497. The first-order valence-corrected chi connectivity index (χ1v) is 7.56. The Morgan fingerprint density at radius 1 is 0.588 bits per heavy atom. The predicted octanol–water partition coefficient (Wildman–Crippen LogP) is 5.20. The monoisotopic (exact) mass is 236 g/mol. The van der Waals surface area contributed by atoms with Crippen molar-refractivity contribution >= 4 is 5.78 Å². The second kappa shape index (κ2) is 10.6. The third-order valence-electron chi connectivity index (χ3n) is 3.57. The van der Waals surface area contributed by atoms with E-state index < -0.39 is 0 Å². The summed E-state index contributed by atoms with van der Waals surface area (Å²) < 4.78 is 0. The molecule has 1 rings (SSSR count). The van der Waals surface area contributed by atoms with Crippen molar-refractivity contribution in [1.82, 2.24) is 0 Å². The van der Waals surface area contributed by atoms with Gasteiger partial charge in [0.05, 0.1) is 0 Å². The smallest absolute Gasteiger partial charge is 0.132 e. The van der Waals surface area contributed by atoms with E-state index in [1.807, 2.05) is 0 Å². The lowest BCUT2D eigenvalue weighted by Gasteiger charge is -2.03. The number of carbonyl (C=O) groups excluding carboxylic acids is 1. The molecule has 0 fully saturated rings. The Kier molecular flexibility index (Phi) is 8.99. The van der Waals surface area contributed by atoms with E-state index in [1.165, 1.54) is 57.8 Å². The minimum atomic E-state index is 0.497. The first-order valence-electron chi connectivity index (χ1n) is 7.56. The molecule has 1 aliphatic carbocycles. The van der Waals surface area contributed by atoms with Gasteiger partial charge >= 0.3 is 0 Å². The van der Waals surface area contributed by atoms with Crippen LogP contribution in [0.5, 0.6) is 0 Å². The van der Waals surface area contributed by atoms with Crippen molar-refractivity contribution < 1.29 is 4.79 Å². The van der Waals surface area contributed by atoms with Crippen LogP contribution in [0.3, 0.4) is 0 Å². The molecule has 0 radical (unpaired) electrons. The maximum Gasteiger partial charge on any atom is 0.132 e. The highest BCUT2D eigenvalue weighted by atomic mass is 16.1. The van der Waals surface area contributed by atoms with Gasteiger partial charge in [-0.25, -0.2) is 0 Å². The fourth-order valence-corrected chi connectivity index (χ4v) is 2.41. The van der Waals surface area contributed by atoms with Crippen molar-refractivity contribution in [2.45, 2.75) is 83.5 Å². The molecule has 0 aromatic heterocycles. The SMILES string of the molecule is O=C1CCCCCCC=CCCCCCCC1. The van der Waals surface area contributed by atoms with Gasteiger partial charge in [0, 0.05) is 12.8 Å². The summed E-state index contributed by atoms with van der Waals surface area (Å²) in [6, 6.07) is 0. The molecule has 98 valence electrons. The quantitative estimate of drug-likeness (QED) is 0.528. The second-order valence-corrected chi connectivity index (χ2v) is 5.27. The van der Waals surface area contributed by atoms with E-state index in [4.69, 9.17) is 0 Å². The maximum absolute atomic E-state index is 11.6. The summed E-state index contributed by atoms with van der Waals surface area (Å²) in [7, 11) is 0. The number of rotatable bonds is 0. The summed E-state index contributed by atoms with van der Waals surface area (Å²) in [6.07, 6.45) is 20.1. The van der Waals surface area contributed by atoms with Crippen molar-refractivity contribution in [2.24, 2.45) is 0 Å². The molecule has 0 saturated carbocycles. The Morgan fingerprint density at radius 2 is 1.00 bits per heavy atom. The summed E-state index contributed by atoms with van der Waals surface area (Å²) in [4.78, 5) is 11.6. The van der Waals surface area contributed by atoms with Crippen LogP contribution in [0.15, 0.2) is 12.2 Å². The maximum atomic E-state index is 11.6. The van der Waals surface area contributed by atoms with Crippen LogP contribution >= 0.6 is 0 Å². The fourth-order valence-electron chi connectivity index (χ4n) is 2.41. The van der Waals surface area contributed by atoms with Crippen LogP contribution in [0.4, 0.5) is 0 Å². The normalized spacial score (nSPS) is 22.5. The van der Waals surface area contributed by atoms with Crippen LogP contribution in [0, 0.1) is 0 Å². The number of hydrogen-bond acceptors (Lipinski definition) is 1. The number of allylic oxidation sites excluding steroid dienone is 2. The molecule has 0 saturated heterocycles. The minimum absolute atomic E-state index is 0.497. The van der Waals surface area contributed by atoms with E-state index in [2.05, 4.69) is 12.2 Å². The van der Waals surface area contributed by atoms with Crippen LogP contribution in [0.2, 0.25) is 0 Å². The van der Waals surface area contributed by atoms with Crippen LogP contribution < -0.4 is 0 Å². The Morgan fingerprint density at radius 3 is 1.53 bits per heavy atom. The van der Waals surface area contributed by atoms with Gasteiger partial charge < -0.3 is 0 Å². The number of ketones is 1. The molecule has 0 amide bonds. The zero-order valence-corrected chi connectivity index (χ0v) is 11.3. The zero-order chi connectivity index (χ0) is 12.2. The van der Waals surface area contributed by atoms with Crippen LogP contribution in [0.25, 0.3) is 0 Å². The lowest BCUT2D eigenvalue weighted by atomic mass is 10.0. The van der Waals surface area contributed by atoms with Gasteiger partial charge in [0.1, 0.15) is 5.78 Å². The highest BCUT2D eigenvalue weighted by molar-refractivity contribution is 5.78. The van der Waals surface area contributed by atoms with Crippen molar-refractivity contribution in [2.75, 3.05) is 0 Å². The van der Waals surface area contributed by atoms with Gasteiger partial charge in [-0.2, -0.15) is 0 Å². The highest BCUT2D eigenvalue weighted by Crippen LogP contribution is 2.12. The van der Waals surface area contributed by atoms with E-state index in [-0.39, 0.29) is 0 Å². The molecule has 17 heavy (non-hydrogen) atoms. The third-order valence-corrected chi connectivity index (χ3v) is 3.57. The van der Waals surface area contributed by atoms with E-state index in [0.717, 1.165) is 25.7 Å². The van der Waals surface area contributed by atoms with Gasteiger partial charge in [-0.15, -0.1) is 0 Å². The fraction of sp³-hybridized carbons (Fsp3) is 0.812. The number of Topliss-reactive ketones (excluding diaryl/α,β-unsaturated/α-hetero) is 1. The van der Waals surface area contributed by atoms with Gasteiger partial charge in [0.25, 0.3) is 0 Å². The molecule has 1 nitrogen and oxygen atoms in total. The van der Waals surface area contributed by atoms with Crippen LogP contribution in [0.1, 0.15) is 83.5 Å². The van der Waals surface area contributed by atoms with Crippen molar-refractivity contribution in [3.8, 4) is 0 Å². The van der Waals surface area contributed by atoms with Gasteiger partial charge in [-0.3, -0.25) is 4.79 Å². The zero-order valence-electron chi connectivity index (χ0n) is 11.3. The number of carbonyl (C=O) groups is 1. The van der Waals surface area contributed by atoms with Gasteiger partial charge in [0.15, 0.2) is 0 Å². The molecule has 0 bridgehead atoms. The lowest BCUT2D eigenvalue weighted by molar-refractivity contribution is -0.119. The Balaban J connectivity index is 2.18. The average molecular weight is 236 g/mol. The van der Waals surface area contributed by atoms with Gasteiger partial charge in [-0.1, -0.05) is 44.3 Å². The largest absolute Gasteiger partial charge is 0.300 e. The van der Waals surface area contributed by atoms with Crippen molar-refractivity contribution in [3.63, 3.8) is 0 Å². The predicted molar refractivity (Wildman–Crippen MR) is 74.2 cm³/mol. The van der Waals surface area contributed by atoms with E-state index >= 15 is 0 Å². The average Bonchev–Trinajstić information content (AvgIpc) is 2.32. The first kappa shape index (κ1) is 14.5. The van der Waals surface area contributed by atoms with Crippen LogP contribution in [-0.4, -0.2) is 5.78 Å².